The van der Waals surface area contributed by atoms with Crippen LogP contribution in [-0.2, 0) is 7.05 Å². The second-order valence-electron chi connectivity index (χ2n) is 3.93. The molecular formula is C13H12N4O. The van der Waals surface area contributed by atoms with E-state index >= 15 is 0 Å². The van der Waals surface area contributed by atoms with Crippen LogP contribution < -0.4 is 4.74 Å². The van der Waals surface area contributed by atoms with E-state index in [2.05, 4.69) is 15.1 Å². The Morgan fingerprint density at radius 2 is 2.00 bits per heavy atom. The summed E-state index contributed by atoms with van der Waals surface area (Å²) in [6, 6.07) is 7.79. The molecule has 0 N–H and O–H groups in total. The van der Waals surface area contributed by atoms with Crippen LogP contribution >= 0.6 is 0 Å². The van der Waals surface area contributed by atoms with Gasteiger partial charge in [-0.25, -0.2) is 9.97 Å². The SMILES string of the molecule is COc1ccccc1-c1ncnc2c1cnn2C. The molecule has 90 valence electrons. The average molecular weight is 240 g/mol. The number of hydrogen-bond donors (Lipinski definition) is 0. The van der Waals surface area contributed by atoms with Crippen molar-refractivity contribution in [2.24, 2.45) is 7.05 Å². The largest absolute Gasteiger partial charge is 0.496 e. The van der Waals surface area contributed by atoms with Crippen LogP contribution in [0.2, 0.25) is 0 Å². The standard InChI is InChI=1S/C13H12N4O/c1-17-13-10(7-16-17)12(14-8-15-13)9-5-3-4-6-11(9)18-2/h3-8H,1-2H3. The van der Waals surface area contributed by atoms with Crippen LogP contribution in [0.25, 0.3) is 22.3 Å². The fourth-order valence-electron chi connectivity index (χ4n) is 2.02. The summed E-state index contributed by atoms with van der Waals surface area (Å²) in [5, 5.41) is 5.13. The number of nitrogens with zero attached hydrogens (tertiary/aromatic N) is 4. The molecule has 0 spiro atoms. The molecule has 0 aliphatic heterocycles. The van der Waals surface area contributed by atoms with E-state index in [1.807, 2.05) is 31.3 Å². The highest BCUT2D eigenvalue weighted by Crippen LogP contribution is 2.31. The molecule has 5 heteroatoms. The summed E-state index contributed by atoms with van der Waals surface area (Å²) in [4.78, 5) is 8.59. The topological polar surface area (TPSA) is 52.8 Å². The lowest BCUT2D eigenvalue weighted by atomic mass is 10.1. The van der Waals surface area contributed by atoms with Crippen molar-refractivity contribution >= 4 is 11.0 Å². The lowest BCUT2D eigenvalue weighted by Gasteiger charge is -2.07. The molecule has 0 radical (unpaired) electrons. The number of aryl methyl sites for hydroxylation is 1. The van der Waals surface area contributed by atoms with Gasteiger partial charge in [-0.05, 0) is 12.1 Å². The van der Waals surface area contributed by atoms with Gasteiger partial charge in [0, 0.05) is 12.6 Å². The first-order valence-electron chi connectivity index (χ1n) is 5.57. The van der Waals surface area contributed by atoms with Gasteiger partial charge in [0.15, 0.2) is 5.65 Å². The summed E-state index contributed by atoms with van der Waals surface area (Å²) in [6.07, 6.45) is 3.32. The third-order valence-electron chi connectivity index (χ3n) is 2.89. The summed E-state index contributed by atoms with van der Waals surface area (Å²) in [6.45, 7) is 0. The summed E-state index contributed by atoms with van der Waals surface area (Å²) < 4.78 is 7.10. The second kappa shape index (κ2) is 4.10. The summed E-state index contributed by atoms with van der Waals surface area (Å²) in [5.41, 5.74) is 2.59. The van der Waals surface area contributed by atoms with Crippen molar-refractivity contribution in [1.82, 2.24) is 19.7 Å². The monoisotopic (exact) mass is 240 g/mol. The molecule has 0 amide bonds. The fourth-order valence-corrected chi connectivity index (χ4v) is 2.02. The number of benzene rings is 1. The molecule has 0 atom stereocenters. The zero-order chi connectivity index (χ0) is 12.5. The van der Waals surface area contributed by atoms with Crippen molar-refractivity contribution in [1.29, 1.82) is 0 Å². The number of fused-ring (bicyclic) bond motifs is 1. The van der Waals surface area contributed by atoms with E-state index in [4.69, 9.17) is 4.74 Å². The Bertz CT molecular complexity index is 705. The molecule has 0 bridgehead atoms. The fraction of sp³-hybridized carbons (Fsp3) is 0.154. The van der Waals surface area contributed by atoms with Gasteiger partial charge in [-0.3, -0.25) is 4.68 Å². The van der Waals surface area contributed by atoms with Crippen LogP contribution in [0.5, 0.6) is 5.75 Å². The summed E-state index contributed by atoms with van der Waals surface area (Å²) in [7, 11) is 3.52. The molecule has 0 saturated carbocycles. The molecule has 0 aliphatic rings. The normalized spacial score (nSPS) is 10.8. The first-order chi connectivity index (χ1) is 8.81. The minimum Gasteiger partial charge on any atom is -0.496 e. The van der Waals surface area contributed by atoms with Crippen LogP contribution in [0.15, 0.2) is 36.8 Å². The number of methoxy groups -OCH3 is 1. The maximum atomic E-state index is 5.37. The van der Waals surface area contributed by atoms with E-state index in [-0.39, 0.29) is 0 Å². The average Bonchev–Trinajstić information content (AvgIpc) is 2.81. The maximum absolute atomic E-state index is 5.37. The number of ether oxygens (including phenoxy) is 1. The minimum atomic E-state index is 0.793. The molecule has 0 unspecified atom stereocenters. The predicted molar refractivity (Wildman–Crippen MR) is 68.3 cm³/mol. The van der Waals surface area contributed by atoms with Gasteiger partial charge < -0.3 is 4.74 Å². The number of aromatic nitrogens is 4. The summed E-state index contributed by atoms with van der Waals surface area (Å²) in [5.74, 6) is 0.793. The van der Waals surface area contributed by atoms with Gasteiger partial charge in [0.25, 0.3) is 0 Å². The van der Waals surface area contributed by atoms with Crippen LogP contribution in [0.1, 0.15) is 0 Å². The van der Waals surface area contributed by atoms with Crippen molar-refractivity contribution in [2.75, 3.05) is 7.11 Å². The Balaban J connectivity index is 2.31. The highest BCUT2D eigenvalue weighted by Gasteiger charge is 2.12. The molecule has 0 saturated heterocycles. The molecular weight excluding hydrogens is 228 g/mol. The smallest absolute Gasteiger partial charge is 0.161 e. The summed E-state index contributed by atoms with van der Waals surface area (Å²) >= 11 is 0. The Kier molecular flexibility index (Phi) is 2.44. The Hall–Kier alpha value is -2.43. The van der Waals surface area contributed by atoms with Crippen LogP contribution in [-0.4, -0.2) is 26.9 Å². The van der Waals surface area contributed by atoms with E-state index in [0.29, 0.717) is 0 Å². The van der Waals surface area contributed by atoms with Crippen molar-refractivity contribution < 1.29 is 4.74 Å². The van der Waals surface area contributed by atoms with E-state index in [0.717, 1.165) is 28.0 Å². The lowest BCUT2D eigenvalue weighted by Crippen LogP contribution is -1.94. The number of rotatable bonds is 2. The van der Waals surface area contributed by atoms with Gasteiger partial charge in [-0.15, -0.1) is 0 Å². The molecule has 18 heavy (non-hydrogen) atoms. The van der Waals surface area contributed by atoms with Gasteiger partial charge in [-0.1, -0.05) is 12.1 Å². The molecule has 3 aromatic rings. The highest BCUT2D eigenvalue weighted by atomic mass is 16.5. The van der Waals surface area contributed by atoms with Gasteiger partial charge in [0.2, 0.25) is 0 Å². The Labute approximate surface area is 104 Å². The van der Waals surface area contributed by atoms with E-state index < -0.39 is 0 Å². The predicted octanol–water partition coefficient (Wildman–Crippen LogP) is 2.04. The van der Waals surface area contributed by atoms with Gasteiger partial charge >= 0.3 is 0 Å². The van der Waals surface area contributed by atoms with Gasteiger partial charge in [0.1, 0.15) is 12.1 Å². The minimum absolute atomic E-state index is 0.793. The van der Waals surface area contributed by atoms with E-state index in [1.165, 1.54) is 0 Å². The second-order valence-corrected chi connectivity index (χ2v) is 3.93. The number of para-hydroxylation sites is 1. The van der Waals surface area contributed by atoms with Crippen molar-refractivity contribution in [3.63, 3.8) is 0 Å². The molecule has 0 fully saturated rings. The van der Waals surface area contributed by atoms with Crippen molar-refractivity contribution in [2.45, 2.75) is 0 Å². The Morgan fingerprint density at radius 3 is 2.83 bits per heavy atom. The third-order valence-corrected chi connectivity index (χ3v) is 2.89. The molecule has 5 nitrogen and oxygen atoms in total. The van der Waals surface area contributed by atoms with Crippen LogP contribution in [0.3, 0.4) is 0 Å². The van der Waals surface area contributed by atoms with Crippen LogP contribution in [0.4, 0.5) is 0 Å². The zero-order valence-electron chi connectivity index (χ0n) is 10.2. The number of hydrogen-bond acceptors (Lipinski definition) is 4. The first kappa shape index (κ1) is 10.7. The molecule has 2 heterocycles. The quantitative estimate of drug-likeness (QED) is 0.687. The third kappa shape index (κ3) is 1.52. The van der Waals surface area contributed by atoms with E-state index in [1.54, 1.807) is 24.3 Å². The first-order valence-corrected chi connectivity index (χ1v) is 5.57. The van der Waals surface area contributed by atoms with E-state index in [9.17, 15) is 0 Å². The molecule has 3 rings (SSSR count). The molecule has 1 aromatic carbocycles. The zero-order valence-corrected chi connectivity index (χ0v) is 10.2. The van der Waals surface area contributed by atoms with Crippen molar-refractivity contribution in [3.8, 4) is 17.0 Å². The van der Waals surface area contributed by atoms with Gasteiger partial charge in [0.05, 0.1) is 24.4 Å². The van der Waals surface area contributed by atoms with Gasteiger partial charge in [-0.2, -0.15) is 5.10 Å². The lowest BCUT2D eigenvalue weighted by molar-refractivity contribution is 0.416. The Morgan fingerprint density at radius 1 is 1.17 bits per heavy atom. The van der Waals surface area contributed by atoms with Crippen LogP contribution in [0, 0.1) is 0 Å². The molecule has 0 aliphatic carbocycles. The highest BCUT2D eigenvalue weighted by molar-refractivity contribution is 5.91. The molecule has 2 aromatic heterocycles. The van der Waals surface area contributed by atoms with Crippen molar-refractivity contribution in [3.05, 3.63) is 36.8 Å². The maximum Gasteiger partial charge on any atom is 0.161 e.